The predicted octanol–water partition coefficient (Wildman–Crippen LogP) is 2.15. The largest absolute Gasteiger partial charge is 0.290 e. The van der Waals surface area contributed by atoms with Crippen molar-refractivity contribution in [3.63, 3.8) is 0 Å². The number of thiophene rings is 1. The quantitative estimate of drug-likeness (QED) is 0.386. The molecule has 0 nitrogen and oxygen atoms in total. The minimum atomic E-state index is 0. The Morgan fingerprint density at radius 2 is 2.43 bits per heavy atom. The SMILES string of the molecule is Ic1cc[c-]s1.[Zn]. The van der Waals surface area contributed by atoms with E-state index in [-0.39, 0.29) is 19.5 Å². The van der Waals surface area contributed by atoms with E-state index in [1.165, 1.54) is 2.88 Å². The third-order valence-corrected chi connectivity index (χ3v) is 2.04. The zero-order valence-corrected chi connectivity index (χ0v) is 9.59. The second kappa shape index (κ2) is 3.99. The van der Waals surface area contributed by atoms with E-state index in [0.717, 1.165) is 0 Å². The minimum Gasteiger partial charge on any atom is -0.290 e. The Labute approximate surface area is 73.2 Å². The van der Waals surface area contributed by atoms with Gasteiger partial charge in [-0.1, -0.05) is 2.88 Å². The first kappa shape index (κ1) is 8.05. The van der Waals surface area contributed by atoms with E-state index in [2.05, 4.69) is 28.0 Å². The van der Waals surface area contributed by atoms with Crippen molar-refractivity contribution in [1.82, 2.24) is 0 Å². The fraction of sp³-hybridized carbons (Fsp3) is 0. The van der Waals surface area contributed by atoms with Gasteiger partial charge in [0.05, 0.1) is 0 Å². The second-order valence-corrected chi connectivity index (χ2v) is 3.63. The van der Waals surface area contributed by atoms with Gasteiger partial charge in [-0.3, -0.25) is 11.3 Å². The number of halogens is 1. The fourth-order valence-corrected chi connectivity index (χ4v) is 1.17. The Hall–Kier alpha value is 1.05. The molecule has 3 heteroatoms. The van der Waals surface area contributed by atoms with Crippen LogP contribution in [0.2, 0.25) is 0 Å². The molecule has 7 heavy (non-hydrogen) atoms. The molecule has 0 aliphatic rings. The van der Waals surface area contributed by atoms with Gasteiger partial charge in [-0.05, 0) is 0 Å². The van der Waals surface area contributed by atoms with Crippen LogP contribution >= 0.6 is 33.9 Å². The third kappa shape index (κ3) is 2.78. The summed E-state index contributed by atoms with van der Waals surface area (Å²) in [6.07, 6.45) is 0. The molecule has 0 saturated carbocycles. The fourth-order valence-electron chi connectivity index (χ4n) is 0.224. The summed E-state index contributed by atoms with van der Waals surface area (Å²) < 4.78 is 1.30. The van der Waals surface area contributed by atoms with Gasteiger partial charge >= 0.3 is 0 Å². The van der Waals surface area contributed by atoms with Crippen LogP contribution in [0.15, 0.2) is 12.1 Å². The van der Waals surface area contributed by atoms with E-state index >= 15 is 0 Å². The third-order valence-electron chi connectivity index (χ3n) is 0.439. The van der Waals surface area contributed by atoms with Crippen molar-refractivity contribution in [3.05, 3.63) is 20.4 Å². The Bertz CT molecular complexity index is 115. The maximum absolute atomic E-state index is 2.96. The van der Waals surface area contributed by atoms with Crippen LogP contribution in [0, 0.1) is 8.26 Å². The zero-order chi connectivity index (χ0) is 4.41. The molecule has 1 aromatic heterocycles. The van der Waals surface area contributed by atoms with Gasteiger partial charge in [0.25, 0.3) is 0 Å². The first-order chi connectivity index (χ1) is 2.89. The predicted molar refractivity (Wildman–Crippen MR) is 35.9 cm³/mol. The standard InChI is InChI=1S/C4H2IS.Zn/c5-4-2-1-3-6-4;/h1-2H;/q-1;. The Morgan fingerprint density at radius 1 is 1.71 bits per heavy atom. The average molecular weight is 274 g/mol. The summed E-state index contributed by atoms with van der Waals surface area (Å²) in [5.41, 5.74) is 0. The van der Waals surface area contributed by atoms with E-state index in [0.29, 0.717) is 0 Å². The zero-order valence-electron chi connectivity index (χ0n) is 3.65. The molecule has 0 N–H and O–H groups in total. The van der Waals surface area contributed by atoms with Gasteiger partial charge in [-0.2, -0.15) is 12.1 Å². The van der Waals surface area contributed by atoms with Gasteiger partial charge in [-0.25, -0.2) is 0 Å². The maximum atomic E-state index is 2.96. The Morgan fingerprint density at radius 3 is 2.57 bits per heavy atom. The van der Waals surface area contributed by atoms with E-state index in [9.17, 15) is 0 Å². The molecule has 0 atom stereocenters. The molecule has 0 aliphatic carbocycles. The summed E-state index contributed by atoms with van der Waals surface area (Å²) in [6.45, 7) is 0. The number of hydrogen-bond donors (Lipinski definition) is 0. The number of hydrogen-bond acceptors (Lipinski definition) is 1. The normalized spacial score (nSPS) is 7.57. The van der Waals surface area contributed by atoms with E-state index in [1.807, 2.05) is 12.1 Å². The maximum Gasteiger partial charge on any atom is 0 e. The first-order valence-corrected chi connectivity index (χ1v) is 3.40. The molecule has 0 amide bonds. The van der Waals surface area contributed by atoms with Crippen molar-refractivity contribution >= 4 is 33.9 Å². The molecule has 1 heterocycles. The van der Waals surface area contributed by atoms with Gasteiger partial charge < -0.3 is 0 Å². The van der Waals surface area contributed by atoms with Gasteiger partial charge in [0, 0.05) is 19.5 Å². The van der Waals surface area contributed by atoms with Crippen molar-refractivity contribution in [2.45, 2.75) is 0 Å². The molecule has 0 fully saturated rings. The van der Waals surface area contributed by atoms with Gasteiger partial charge in [0.15, 0.2) is 0 Å². The summed E-state index contributed by atoms with van der Waals surface area (Å²) in [4.78, 5) is 0. The molecule has 0 unspecified atom stereocenters. The van der Waals surface area contributed by atoms with Crippen molar-refractivity contribution in [2.75, 3.05) is 0 Å². The van der Waals surface area contributed by atoms with Crippen LogP contribution in [-0.4, -0.2) is 0 Å². The van der Waals surface area contributed by atoms with Crippen LogP contribution in [0.4, 0.5) is 0 Å². The van der Waals surface area contributed by atoms with Crippen molar-refractivity contribution in [1.29, 1.82) is 0 Å². The molecule has 0 aliphatic heterocycles. The monoisotopic (exact) mass is 273 g/mol. The van der Waals surface area contributed by atoms with Crippen molar-refractivity contribution < 1.29 is 19.5 Å². The van der Waals surface area contributed by atoms with Crippen LogP contribution in [0.5, 0.6) is 0 Å². The average Bonchev–Trinajstić information content (AvgIpc) is 1.86. The Balaban J connectivity index is 0.000000360. The molecular weight excluding hydrogens is 272 g/mol. The molecule has 1 aromatic rings. The molecule has 0 spiro atoms. The Kier molecular flexibility index (Phi) is 4.58. The summed E-state index contributed by atoms with van der Waals surface area (Å²) in [7, 11) is 0. The van der Waals surface area contributed by atoms with Crippen LogP contribution in [0.25, 0.3) is 0 Å². The van der Waals surface area contributed by atoms with Crippen LogP contribution in [-0.2, 0) is 19.5 Å². The molecule has 0 aromatic carbocycles. The van der Waals surface area contributed by atoms with Gasteiger partial charge in [-0.15, -0.1) is 28.0 Å². The molecule has 0 saturated heterocycles. The van der Waals surface area contributed by atoms with Crippen LogP contribution in [0.3, 0.4) is 0 Å². The van der Waals surface area contributed by atoms with Crippen LogP contribution < -0.4 is 0 Å². The number of rotatable bonds is 0. The van der Waals surface area contributed by atoms with Gasteiger partial charge in [0.2, 0.25) is 0 Å². The van der Waals surface area contributed by atoms with Gasteiger partial charge in [0.1, 0.15) is 0 Å². The molecule has 0 radical (unpaired) electrons. The summed E-state index contributed by atoms with van der Waals surface area (Å²) in [5, 5.41) is 2.96. The smallest absolute Gasteiger partial charge is 0 e. The van der Waals surface area contributed by atoms with Crippen LogP contribution in [0.1, 0.15) is 0 Å². The molecular formula is C4H2ISZn-. The van der Waals surface area contributed by atoms with Crippen molar-refractivity contribution in [3.8, 4) is 0 Å². The summed E-state index contributed by atoms with van der Waals surface area (Å²) in [5.74, 6) is 0. The topological polar surface area (TPSA) is 0 Å². The molecule has 0 bridgehead atoms. The molecule has 34 valence electrons. The minimum absolute atomic E-state index is 0. The first-order valence-electron chi connectivity index (χ1n) is 1.51. The summed E-state index contributed by atoms with van der Waals surface area (Å²) in [6, 6.07) is 3.96. The second-order valence-electron chi connectivity index (χ2n) is 0.857. The van der Waals surface area contributed by atoms with Crippen molar-refractivity contribution in [2.24, 2.45) is 0 Å². The molecule has 1 rings (SSSR count). The van der Waals surface area contributed by atoms with E-state index < -0.39 is 0 Å². The van der Waals surface area contributed by atoms with E-state index in [1.54, 1.807) is 11.3 Å². The summed E-state index contributed by atoms with van der Waals surface area (Å²) >= 11 is 3.90. The van der Waals surface area contributed by atoms with E-state index in [4.69, 9.17) is 0 Å².